The molecule has 1 aromatic rings. The van der Waals surface area contributed by atoms with Gasteiger partial charge in [-0.1, -0.05) is 12.1 Å². The number of rotatable bonds is 6. The summed E-state index contributed by atoms with van der Waals surface area (Å²) in [4.78, 5) is 5.18. The van der Waals surface area contributed by atoms with Crippen molar-refractivity contribution in [2.75, 3.05) is 39.5 Å². The zero-order valence-electron chi connectivity index (χ0n) is 12.1. The average Bonchev–Trinajstić information content (AvgIpc) is 2.71. The SMILES string of the molecule is CN(C)CC1CC(O)CN1CCSc1ccccc1F. The third-order valence-electron chi connectivity index (χ3n) is 3.55. The summed E-state index contributed by atoms with van der Waals surface area (Å²) in [6, 6.07) is 7.29. The molecule has 1 heterocycles. The Hall–Kier alpha value is -0.620. The van der Waals surface area contributed by atoms with Gasteiger partial charge in [0, 0.05) is 36.3 Å². The van der Waals surface area contributed by atoms with E-state index >= 15 is 0 Å². The minimum Gasteiger partial charge on any atom is -0.392 e. The summed E-state index contributed by atoms with van der Waals surface area (Å²) in [5.41, 5.74) is 0. The van der Waals surface area contributed by atoms with Gasteiger partial charge in [-0.15, -0.1) is 11.8 Å². The molecule has 0 aromatic heterocycles. The number of halogens is 1. The highest BCUT2D eigenvalue weighted by Gasteiger charge is 2.30. The van der Waals surface area contributed by atoms with Crippen LogP contribution in [0.5, 0.6) is 0 Å². The first-order chi connectivity index (χ1) is 9.56. The second-order valence-electron chi connectivity index (χ2n) is 5.58. The van der Waals surface area contributed by atoms with Crippen molar-refractivity contribution in [2.45, 2.75) is 23.5 Å². The molecular weight excluding hydrogens is 275 g/mol. The van der Waals surface area contributed by atoms with Crippen molar-refractivity contribution in [3.05, 3.63) is 30.1 Å². The van der Waals surface area contributed by atoms with E-state index in [0.717, 1.165) is 31.8 Å². The van der Waals surface area contributed by atoms with Crippen molar-refractivity contribution >= 4 is 11.8 Å². The Labute approximate surface area is 124 Å². The van der Waals surface area contributed by atoms with Gasteiger partial charge in [-0.2, -0.15) is 0 Å². The van der Waals surface area contributed by atoms with Gasteiger partial charge in [0.25, 0.3) is 0 Å². The zero-order valence-corrected chi connectivity index (χ0v) is 12.9. The summed E-state index contributed by atoms with van der Waals surface area (Å²) in [7, 11) is 4.11. The van der Waals surface area contributed by atoms with Crippen LogP contribution in [0.4, 0.5) is 4.39 Å². The van der Waals surface area contributed by atoms with Gasteiger partial charge in [0.15, 0.2) is 0 Å². The van der Waals surface area contributed by atoms with E-state index < -0.39 is 0 Å². The Balaban J connectivity index is 1.82. The Morgan fingerprint density at radius 2 is 2.15 bits per heavy atom. The Bertz CT molecular complexity index is 430. The molecule has 1 N–H and O–H groups in total. The van der Waals surface area contributed by atoms with Gasteiger partial charge in [-0.3, -0.25) is 4.90 Å². The summed E-state index contributed by atoms with van der Waals surface area (Å²) >= 11 is 1.54. The first-order valence-electron chi connectivity index (χ1n) is 7.00. The predicted octanol–water partition coefficient (Wildman–Crippen LogP) is 1.91. The van der Waals surface area contributed by atoms with Crippen LogP contribution in [-0.4, -0.2) is 66.5 Å². The Morgan fingerprint density at radius 3 is 2.85 bits per heavy atom. The molecular formula is C15H23FN2OS. The largest absolute Gasteiger partial charge is 0.392 e. The molecule has 2 atom stereocenters. The van der Waals surface area contributed by atoms with Gasteiger partial charge in [-0.25, -0.2) is 4.39 Å². The van der Waals surface area contributed by atoms with Crippen LogP contribution in [-0.2, 0) is 0 Å². The second kappa shape index (κ2) is 7.41. The highest BCUT2D eigenvalue weighted by molar-refractivity contribution is 7.99. The molecule has 1 aliphatic heterocycles. The lowest BCUT2D eigenvalue weighted by atomic mass is 10.2. The molecule has 1 aliphatic rings. The minimum absolute atomic E-state index is 0.149. The molecule has 5 heteroatoms. The lowest BCUT2D eigenvalue weighted by Gasteiger charge is -2.26. The summed E-state index contributed by atoms with van der Waals surface area (Å²) < 4.78 is 13.5. The first-order valence-corrected chi connectivity index (χ1v) is 7.99. The van der Waals surface area contributed by atoms with Crippen LogP contribution in [0.1, 0.15) is 6.42 Å². The fraction of sp³-hybridized carbons (Fsp3) is 0.600. The van der Waals surface area contributed by atoms with Crippen molar-refractivity contribution < 1.29 is 9.50 Å². The van der Waals surface area contributed by atoms with Crippen LogP contribution >= 0.6 is 11.8 Å². The maximum Gasteiger partial charge on any atom is 0.136 e. The molecule has 3 nitrogen and oxygen atoms in total. The number of aliphatic hydroxyl groups excluding tert-OH is 1. The smallest absolute Gasteiger partial charge is 0.136 e. The summed E-state index contributed by atoms with van der Waals surface area (Å²) in [6.45, 7) is 2.58. The molecule has 112 valence electrons. The van der Waals surface area contributed by atoms with Gasteiger partial charge in [0.05, 0.1) is 6.10 Å². The minimum atomic E-state index is -0.224. The molecule has 0 spiro atoms. The summed E-state index contributed by atoms with van der Waals surface area (Å²) in [6.07, 6.45) is 0.612. The van der Waals surface area contributed by atoms with Gasteiger partial charge >= 0.3 is 0 Å². The second-order valence-corrected chi connectivity index (χ2v) is 6.72. The summed E-state index contributed by atoms with van der Waals surface area (Å²) in [5.74, 6) is 0.696. The highest BCUT2D eigenvalue weighted by Crippen LogP contribution is 2.23. The van der Waals surface area contributed by atoms with E-state index in [1.54, 1.807) is 17.8 Å². The first kappa shape index (κ1) is 15.8. The molecule has 0 bridgehead atoms. The molecule has 1 saturated heterocycles. The molecule has 2 rings (SSSR count). The predicted molar refractivity (Wildman–Crippen MR) is 81.7 cm³/mol. The van der Waals surface area contributed by atoms with E-state index in [9.17, 15) is 9.50 Å². The van der Waals surface area contributed by atoms with Crippen molar-refractivity contribution in [1.82, 2.24) is 9.80 Å². The number of thioether (sulfide) groups is 1. The van der Waals surface area contributed by atoms with E-state index in [0.29, 0.717) is 10.9 Å². The van der Waals surface area contributed by atoms with E-state index in [1.165, 1.54) is 6.07 Å². The van der Waals surface area contributed by atoms with Crippen molar-refractivity contribution in [3.8, 4) is 0 Å². The van der Waals surface area contributed by atoms with Crippen molar-refractivity contribution in [3.63, 3.8) is 0 Å². The number of β-amino-alcohol motifs (C(OH)–C–C–N with tert-alkyl or cyclic N) is 1. The monoisotopic (exact) mass is 298 g/mol. The van der Waals surface area contributed by atoms with Crippen LogP contribution in [0.3, 0.4) is 0 Å². The molecule has 1 aromatic carbocycles. The Kier molecular flexibility index (Phi) is 5.84. The topological polar surface area (TPSA) is 26.7 Å². The molecule has 0 radical (unpaired) electrons. The quantitative estimate of drug-likeness (QED) is 0.812. The number of hydrogen-bond acceptors (Lipinski definition) is 4. The van der Waals surface area contributed by atoms with Crippen LogP contribution in [0.15, 0.2) is 29.2 Å². The van der Waals surface area contributed by atoms with Gasteiger partial charge in [-0.05, 0) is 32.6 Å². The van der Waals surface area contributed by atoms with Gasteiger partial charge < -0.3 is 10.0 Å². The van der Waals surface area contributed by atoms with E-state index in [1.807, 2.05) is 12.1 Å². The van der Waals surface area contributed by atoms with Crippen LogP contribution in [0, 0.1) is 5.82 Å². The number of likely N-dealkylation sites (N-methyl/N-ethyl adjacent to an activating group) is 1. The lowest BCUT2D eigenvalue weighted by molar-refractivity contribution is 0.176. The van der Waals surface area contributed by atoms with Gasteiger partial charge in [0.2, 0.25) is 0 Å². The fourth-order valence-corrected chi connectivity index (χ4v) is 3.60. The van der Waals surface area contributed by atoms with Crippen molar-refractivity contribution in [2.24, 2.45) is 0 Å². The van der Waals surface area contributed by atoms with Gasteiger partial charge in [0.1, 0.15) is 5.82 Å². The molecule has 20 heavy (non-hydrogen) atoms. The maximum atomic E-state index is 13.5. The van der Waals surface area contributed by atoms with Crippen LogP contribution in [0.25, 0.3) is 0 Å². The van der Waals surface area contributed by atoms with Crippen LogP contribution in [0.2, 0.25) is 0 Å². The third kappa shape index (κ3) is 4.45. The molecule has 0 aliphatic carbocycles. The van der Waals surface area contributed by atoms with E-state index in [2.05, 4.69) is 23.9 Å². The zero-order chi connectivity index (χ0) is 14.5. The maximum absolute atomic E-state index is 13.5. The van der Waals surface area contributed by atoms with Crippen molar-refractivity contribution in [1.29, 1.82) is 0 Å². The lowest BCUT2D eigenvalue weighted by Crippen LogP contribution is -2.38. The molecule has 2 unspecified atom stereocenters. The molecule has 0 amide bonds. The number of aliphatic hydroxyl groups is 1. The molecule has 0 saturated carbocycles. The number of likely N-dealkylation sites (tertiary alicyclic amines) is 1. The van der Waals surface area contributed by atoms with E-state index in [4.69, 9.17) is 0 Å². The van der Waals surface area contributed by atoms with Crippen LogP contribution < -0.4 is 0 Å². The Morgan fingerprint density at radius 1 is 1.40 bits per heavy atom. The normalized spacial score (nSPS) is 23.6. The number of benzene rings is 1. The molecule has 1 fully saturated rings. The fourth-order valence-electron chi connectivity index (χ4n) is 2.68. The standard InChI is InChI=1S/C15H23FN2OS/c1-17(2)10-12-9-13(19)11-18(12)7-8-20-15-6-4-3-5-14(15)16/h3-6,12-13,19H,7-11H2,1-2H3. The summed E-state index contributed by atoms with van der Waals surface area (Å²) in [5, 5.41) is 9.82. The average molecular weight is 298 g/mol. The highest BCUT2D eigenvalue weighted by atomic mass is 32.2. The van der Waals surface area contributed by atoms with E-state index in [-0.39, 0.29) is 11.9 Å². The number of nitrogens with zero attached hydrogens (tertiary/aromatic N) is 2. The third-order valence-corrected chi connectivity index (χ3v) is 4.58. The number of hydrogen-bond donors (Lipinski definition) is 1.